The Morgan fingerprint density at radius 2 is 0.481 bits per heavy atom. The zero-order valence-electron chi connectivity index (χ0n) is 53.8. The molecule has 0 N–H and O–H groups in total. The molecule has 0 spiro atoms. The van der Waals surface area contributed by atoms with E-state index in [2.05, 4.69) is 106 Å². The molecule has 0 aromatic heterocycles. The van der Waals surface area contributed by atoms with Crippen molar-refractivity contribution in [3.63, 3.8) is 0 Å². The monoisotopic (exact) mass is 1130 g/mol. The van der Waals surface area contributed by atoms with Crippen molar-refractivity contribution in [3.8, 4) is 0 Å². The lowest BCUT2D eigenvalue weighted by Crippen LogP contribution is -2.30. The number of esters is 3. The number of carbonyl (C=O) groups excluding carboxylic acids is 3. The SMILES string of the molecule is CC/C=C\C/C=C\C/C=C\C/C=C\C/C=C\C/C=C\C/C=C\CCCCCC(=O)OCC(COC(=O)CCCCCCCCCCCCCCCCCCCC)OC(=O)CCCCCCCCCCCCCCCCCCCCCC. The van der Waals surface area contributed by atoms with Gasteiger partial charge >= 0.3 is 17.9 Å². The van der Waals surface area contributed by atoms with Crippen molar-refractivity contribution in [2.75, 3.05) is 13.2 Å². The molecule has 0 aliphatic rings. The Morgan fingerprint density at radius 3 is 0.753 bits per heavy atom. The van der Waals surface area contributed by atoms with Crippen LogP contribution >= 0.6 is 0 Å². The van der Waals surface area contributed by atoms with Gasteiger partial charge in [0.1, 0.15) is 13.2 Å². The van der Waals surface area contributed by atoms with Crippen LogP contribution in [0.5, 0.6) is 0 Å². The minimum absolute atomic E-state index is 0.0823. The fourth-order valence-electron chi connectivity index (χ4n) is 10.2. The maximum absolute atomic E-state index is 13.0. The van der Waals surface area contributed by atoms with Gasteiger partial charge in [-0.1, -0.05) is 343 Å². The summed E-state index contributed by atoms with van der Waals surface area (Å²) >= 11 is 0. The maximum Gasteiger partial charge on any atom is 0.306 e. The van der Waals surface area contributed by atoms with Crippen LogP contribution in [0.25, 0.3) is 0 Å². The third kappa shape index (κ3) is 67.3. The van der Waals surface area contributed by atoms with Gasteiger partial charge in [-0.15, -0.1) is 0 Å². The third-order valence-electron chi connectivity index (χ3n) is 15.4. The molecule has 468 valence electrons. The van der Waals surface area contributed by atoms with Crippen LogP contribution < -0.4 is 0 Å². The molecule has 0 saturated carbocycles. The zero-order chi connectivity index (χ0) is 58.5. The van der Waals surface area contributed by atoms with E-state index in [1.165, 1.54) is 205 Å². The van der Waals surface area contributed by atoms with E-state index in [4.69, 9.17) is 14.2 Å². The molecule has 81 heavy (non-hydrogen) atoms. The van der Waals surface area contributed by atoms with Crippen LogP contribution in [-0.4, -0.2) is 37.2 Å². The number of unbranched alkanes of at least 4 members (excludes halogenated alkanes) is 39. The topological polar surface area (TPSA) is 78.9 Å². The molecule has 6 nitrogen and oxygen atoms in total. The van der Waals surface area contributed by atoms with E-state index < -0.39 is 6.10 Å². The van der Waals surface area contributed by atoms with Gasteiger partial charge in [0.15, 0.2) is 6.10 Å². The molecule has 0 amide bonds. The van der Waals surface area contributed by atoms with Gasteiger partial charge in [0.05, 0.1) is 0 Å². The molecule has 6 heteroatoms. The van der Waals surface area contributed by atoms with Gasteiger partial charge in [-0.2, -0.15) is 0 Å². The fourth-order valence-corrected chi connectivity index (χ4v) is 10.2. The average Bonchev–Trinajstić information content (AvgIpc) is 3.47. The summed E-state index contributed by atoms with van der Waals surface area (Å²) in [5.74, 6) is -0.894. The first-order chi connectivity index (χ1) is 40.0. The Balaban J connectivity index is 4.41. The van der Waals surface area contributed by atoms with E-state index in [-0.39, 0.29) is 31.1 Å². The second-order valence-electron chi connectivity index (χ2n) is 23.4. The van der Waals surface area contributed by atoms with Gasteiger partial charge in [-0.3, -0.25) is 14.4 Å². The highest BCUT2D eigenvalue weighted by Crippen LogP contribution is 2.18. The number of allylic oxidation sites excluding steroid dienone is 14. The Hall–Kier alpha value is -3.41. The van der Waals surface area contributed by atoms with Gasteiger partial charge in [-0.25, -0.2) is 0 Å². The summed E-state index contributed by atoms with van der Waals surface area (Å²) in [5.41, 5.74) is 0. The summed E-state index contributed by atoms with van der Waals surface area (Å²) < 4.78 is 17.0. The predicted molar refractivity (Wildman–Crippen MR) is 353 cm³/mol. The molecule has 0 bridgehead atoms. The molecule has 1 atom stereocenters. The van der Waals surface area contributed by atoms with E-state index in [1.54, 1.807) is 0 Å². The summed E-state index contributed by atoms with van der Waals surface area (Å²) in [7, 11) is 0. The van der Waals surface area contributed by atoms with E-state index >= 15 is 0 Å². The molecule has 1 unspecified atom stereocenters. The van der Waals surface area contributed by atoms with Crippen molar-refractivity contribution in [1.82, 2.24) is 0 Å². The summed E-state index contributed by atoms with van der Waals surface area (Å²) in [6.45, 7) is 6.56. The number of carbonyl (C=O) groups is 3. The molecular formula is C75H132O6. The number of rotatable bonds is 64. The molecule has 0 aromatic rings. The lowest BCUT2D eigenvalue weighted by atomic mass is 10.0. The summed E-state index contributed by atoms with van der Waals surface area (Å²) in [6, 6.07) is 0. The van der Waals surface area contributed by atoms with Gasteiger partial charge in [0.2, 0.25) is 0 Å². The number of hydrogen-bond donors (Lipinski definition) is 0. The van der Waals surface area contributed by atoms with Gasteiger partial charge in [-0.05, 0) is 77.0 Å². The molecule has 0 radical (unpaired) electrons. The largest absolute Gasteiger partial charge is 0.462 e. The van der Waals surface area contributed by atoms with Crippen molar-refractivity contribution >= 4 is 17.9 Å². The molecule has 0 heterocycles. The highest BCUT2D eigenvalue weighted by atomic mass is 16.6. The Kier molecular flexibility index (Phi) is 66.2. The van der Waals surface area contributed by atoms with Crippen LogP contribution in [-0.2, 0) is 28.6 Å². The highest BCUT2D eigenvalue weighted by Gasteiger charge is 2.19. The number of ether oxygens (including phenoxy) is 3. The molecule has 0 aromatic carbocycles. The first-order valence-electron chi connectivity index (χ1n) is 35.1. The van der Waals surface area contributed by atoms with Gasteiger partial charge in [0.25, 0.3) is 0 Å². The minimum atomic E-state index is -0.790. The predicted octanol–water partition coefficient (Wildman–Crippen LogP) is 24.2. The van der Waals surface area contributed by atoms with Crippen LogP contribution in [0.3, 0.4) is 0 Å². The summed E-state index contributed by atoms with van der Waals surface area (Å²) in [6.07, 6.45) is 91.7. The molecular weight excluding hydrogens is 997 g/mol. The van der Waals surface area contributed by atoms with Gasteiger partial charge in [0, 0.05) is 19.3 Å². The Labute approximate surface area is 503 Å². The van der Waals surface area contributed by atoms with E-state index in [0.29, 0.717) is 19.3 Å². The van der Waals surface area contributed by atoms with Crippen LogP contribution in [0, 0.1) is 0 Å². The van der Waals surface area contributed by atoms with E-state index in [1.807, 2.05) is 0 Å². The van der Waals surface area contributed by atoms with Crippen molar-refractivity contribution < 1.29 is 28.6 Å². The second-order valence-corrected chi connectivity index (χ2v) is 23.4. The lowest BCUT2D eigenvalue weighted by Gasteiger charge is -2.18. The standard InChI is InChI=1S/C75H132O6/c1-4-7-10-13-16-19-22-25-28-31-34-36-37-38-39-40-42-44-47-50-53-56-59-62-65-68-74(77)80-71-72(70-79-73(76)67-64-61-58-55-52-49-46-43-33-30-27-24-21-18-15-12-9-6-3)81-75(78)69-66-63-60-57-54-51-48-45-41-35-32-29-26-23-20-17-14-11-8-5-2/h7,10,16,19,25,28,34,36,38-39,42,44,50,53,72H,4-6,8-9,11-15,17-18,20-24,26-27,29-33,35,37,40-41,43,45-49,51-52,54-71H2,1-3H3/b10-7-,19-16-,28-25-,36-34-,39-38-,44-42-,53-50-. The molecule has 0 aliphatic heterocycles. The molecule has 0 aliphatic carbocycles. The van der Waals surface area contributed by atoms with Crippen LogP contribution in [0.2, 0.25) is 0 Å². The van der Waals surface area contributed by atoms with Crippen molar-refractivity contribution in [3.05, 3.63) is 85.1 Å². The first-order valence-corrected chi connectivity index (χ1v) is 35.1. The van der Waals surface area contributed by atoms with Crippen molar-refractivity contribution in [2.45, 2.75) is 361 Å². The molecule has 0 fully saturated rings. The van der Waals surface area contributed by atoms with Crippen molar-refractivity contribution in [2.24, 2.45) is 0 Å². The summed E-state index contributed by atoms with van der Waals surface area (Å²) in [5, 5.41) is 0. The first kappa shape index (κ1) is 77.6. The zero-order valence-corrected chi connectivity index (χ0v) is 53.8. The van der Waals surface area contributed by atoms with E-state index in [9.17, 15) is 14.4 Å². The quantitative estimate of drug-likeness (QED) is 0.0261. The Morgan fingerprint density at radius 1 is 0.259 bits per heavy atom. The fraction of sp³-hybridized carbons (Fsp3) is 0.773. The van der Waals surface area contributed by atoms with Crippen LogP contribution in [0.15, 0.2) is 85.1 Å². The maximum atomic E-state index is 13.0. The van der Waals surface area contributed by atoms with Crippen LogP contribution in [0.1, 0.15) is 355 Å². The smallest absolute Gasteiger partial charge is 0.306 e. The summed E-state index contributed by atoms with van der Waals surface area (Å²) in [4.78, 5) is 38.5. The third-order valence-corrected chi connectivity index (χ3v) is 15.4. The molecule has 0 saturated heterocycles. The van der Waals surface area contributed by atoms with E-state index in [0.717, 1.165) is 109 Å². The minimum Gasteiger partial charge on any atom is -0.462 e. The lowest BCUT2D eigenvalue weighted by molar-refractivity contribution is -0.167. The van der Waals surface area contributed by atoms with Crippen molar-refractivity contribution in [1.29, 1.82) is 0 Å². The Bertz CT molecular complexity index is 1530. The second kappa shape index (κ2) is 69.1. The average molecular weight is 1130 g/mol. The van der Waals surface area contributed by atoms with Gasteiger partial charge < -0.3 is 14.2 Å². The van der Waals surface area contributed by atoms with Crippen LogP contribution in [0.4, 0.5) is 0 Å². The normalized spacial score (nSPS) is 12.6. The molecule has 0 rings (SSSR count). The number of hydrogen-bond acceptors (Lipinski definition) is 6. The highest BCUT2D eigenvalue weighted by molar-refractivity contribution is 5.71.